The fourth-order valence-corrected chi connectivity index (χ4v) is 2.21. The lowest BCUT2D eigenvalue weighted by molar-refractivity contribution is -0.384. The first-order valence-electron chi connectivity index (χ1n) is 6.07. The van der Waals surface area contributed by atoms with E-state index in [-0.39, 0.29) is 11.6 Å². The van der Waals surface area contributed by atoms with Crippen molar-refractivity contribution < 1.29 is 14.8 Å². The van der Waals surface area contributed by atoms with Gasteiger partial charge in [-0.25, -0.2) is 4.98 Å². The second-order valence-electron chi connectivity index (χ2n) is 4.74. The molecule has 0 aliphatic carbocycles. The summed E-state index contributed by atoms with van der Waals surface area (Å²) in [5.41, 5.74) is 0.689. The summed E-state index contributed by atoms with van der Waals surface area (Å²) in [7, 11) is 0. The van der Waals surface area contributed by atoms with E-state index >= 15 is 0 Å². The van der Waals surface area contributed by atoms with E-state index < -0.39 is 10.9 Å². The van der Waals surface area contributed by atoms with Crippen molar-refractivity contribution in [2.75, 3.05) is 18.0 Å². The molecule has 7 heteroatoms. The van der Waals surface area contributed by atoms with Crippen LogP contribution in [0.15, 0.2) is 30.3 Å². The summed E-state index contributed by atoms with van der Waals surface area (Å²) in [6, 6.07) is 8.01. The van der Waals surface area contributed by atoms with Crippen LogP contribution in [0.2, 0.25) is 0 Å². The van der Waals surface area contributed by atoms with Crippen molar-refractivity contribution in [3.8, 4) is 0 Å². The number of anilines is 1. The maximum Gasteiger partial charge on any atom is 0.310 e. The monoisotopic (exact) mass is 273 g/mol. The lowest BCUT2D eigenvalue weighted by Gasteiger charge is -2.37. The van der Waals surface area contributed by atoms with Gasteiger partial charge in [0.05, 0.1) is 16.4 Å². The van der Waals surface area contributed by atoms with Crippen LogP contribution >= 0.6 is 0 Å². The highest BCUT2D eigenvalue weighted by Gasteiger charge is 2.33. The topological polar surface area (TPSA) is 96.6 Å². The maximum absolute atomic E-state index is 10.8. The van der Waals surface area contributed by atoms with Crippen molar-refractivity contribution in [2.45, 2.75) is 0 Å². The molecule has 0 saturated carbocycles. The van der Waals surface area contributed by atoms with Gasteiger partial charge in [-0.2, -0.15) is 0 Å². The molecule has 1 aliphatic rings. The SMILES string of the molecule is O=C(O)C1CN(c2ccc3cc([N+](=O)[O-])ccc3n2)C1. The summed E-state index contributed by atoms with van der Waals surface area (Å²) >= 11 is 0. The molecule has 1 aromatic heterocycles. The van der Waals surface area contributed by atoms with Gasteiger partial charge in [0.15, 0.2) is 0 Å². The van der Waals surface area contributed by atoms with Crippen molar-refractivity contribution in [3.05, 3.63) is 40.4 Å². The molecular weight excluding hydrogens is 262 g/mol. The predicted molar refractivity (Wildman–Crippen MR) is 71.7 cm³/mol. The second-order valence-corrected chi connectivity index (χ2v) is 4.74. The molecule has 1 fully saturated rings. The molecule has 3 rings (SSSR count). The van der Waals surface area contributed by atoms with Gasteiger partial charge >= 0.3 is 5.97 Å². The molecule has 7 nitrogen and oxygen atoms in total. The Hall–Kier alpha value is -2.70. The van der Waals surface area contributed by atoms with Gasteiger partial charge in [-0.1, -0.05) is 0 Å². The van der Waals surface area contributed by atoms with Gasteiger partial charge in [0.25, 0.3) is 5.69 Å². The van der Waals surface area contributed by atoms with Crippen LogP contribution in [-0.2, 0) is 4.79 Å². The highest BCUT2D eigenvalue weighted by atomic mass is 16.6. The van der Waals surface area contributed by atoms with Crippen molar-refractivity contribution in [1.29, 1.82) is 0 Å². The van der Waals surface area contributed by atoms with Crippen LogP contribution in [0.3, 0.4) is 0 Å². The molecule has 0 amide bonds. The number of aliphatic carboxylic acids is 1. The number of nitro groups is 1. The number of carboxylic acids is 1. The van der Waals surface area contributed by atoms with Crippen LogP contribution in [0, 0.1) is 16.0 Å². The molecule has 0 radical (unpaired) electrons. The summed E-state index contributed by atoms with van der Waals surface area (Å²) in [5.74, 6) is -0.439. The van der Waals surface area contributed by atoms with Gasteiger partial charge in [0.2, 0.25) is 0 Å². The number of carboxylic acid groups (broad SMARTS) is 1. The van der Waals surface area contributed by atoms with Crippen molar-refractivity contribution in [1.82, 2.24) is 4.98 Å². The fraction of sp³-hybridized carbons (Fsp3) is 0.231. The zero-order valence-electron chi connectivity index (χ0n) is 10.4. The summed E-state index contributed by atoms with van der Waals surface area (Å²) in [5, 5.41) is 20.2. The minimum atomic E-state index is -0.794. The number of fused-ring (bicyclic) bond motifs is 1. The Morgan fingerprint density at radius 2 is 2.10 bits per heavy atom. The number of aromatic nitrogens is 1. The fourth-order valence-electron chi connectivity index (χ4n) is 2.21. The largest absolute Gasteiger partial charge is 0.481 e. The van der Waals surface area contributed by atoms with Crippen LogP contribution in [-0.4, -0.2) is 34.1 Å². The number of carbonyl (C=O) groups is 1. The van der Waals surface area contributed by atoms with Crippen LogP contribution in [0.25, 0.3) is 10.9 Å². The number of pyridine rings is 1. The first kappa shape index (κ1) is 12.3. The Morgan fingerprint density at radius 1 is 1.35 bits per heavy atom. The van der Waals surface area contributed by atoms with E-state index in [1.165, 1.54) is 12.1 Å². The number of nitrogens with zero attached hydrogens (tertiary/aromatic N) is 3. The molecule has 1 saturated heterocycles. The van der Waals surface area contributed by atoms with Crippen molar-refractivity contribution in [2.24, 2.45) is 5.92 Å². The van der Waals surface area contributed by atoms with Gasteiger partial charge in [0.1, 0.15) is 5.82 Å². The summed E-state index contributed by atoms with van der Waals surface area (Å²) in [6.45, 7) is 0.891. The van der Waals surface area contributed by atoms with Gasteiger partial charge < -0.3 is 10.0 Å². The van der Waals surface area contributed by atoms with E-state index in [2.05, 4.69) is 4.98 Å². The molecule has 0 atom stereocenters. The molecule has 20 heavy (non-hydrogen) atoms. The molecule has 0 spiro atoms. The van der Waals surface area contributed by atoms with E-state index in [1.54, 1.807) is 18.2 Å². The number of benzene rings is 1. The van der Waals surface area contributed by atoms with Crippen LogP contribution < -0.4 is 4.90 Å². The third kappa shape index (κ3) is 2.03. The standard InChI is InChI=1S/C13H11N3O4/c17-13(18)9-6-15(7-9)12-4-1-8-5-10(16(19)20)2-3-11(8)14-12/h1-5,9H,6-7H2,(H,17,18). The van der Waals surface area contributed by atoms with Gasteiger partial charge in [-0.05, 0) is 18.2 Å². The molecule has 102 valence electrons. The maximum atomic E-state index is 10.8. The second kappa shape index (κ2) is 4.44. The first-order valence-corrected chi connectivity index (χ1v) is 6.07. The Bertz CT molecular complexity index is 710. The number of non-ortho nitro benzene ring substituents is 1. The molecule has 2 heterocycles. The zero-order chi connectivity index (χ0) is 14.3. The van der Waals surface area contributed by atoms with Crippen molar-refractivity contribution in [3.63, 3.8) is 0 Å². The number of hydrogen-bond acceptors (Lipinski definition) is 5. The molecule has 0 unspecified atom stereocenters. The average molecular weight is 273 g/mol. The quantitative estimate of drug-likeness (QED) is 0.674. The summed E-state index contributed by atoms with van der Waals surface area (Å²) in [6.07, 6.45) is 0. The van der Waals surface area contributed by atoms with Crippen LogP contribution in [0.5, 0.6) is 0 Å². The molecule has 1 aromatic carbocycles. The summed E-state index contributed by atoms with van der Waals surface area (Å²) < 4.78 is 0. The highest BCUT2D eigenvalue weighted by Crippen LogP contribution is 2.26. The van der Waals surface area contributed by atoms with Gasteiger partial charge in [-0.15, -0.1) is 0 Å². The molecule has 1 aliphatic heterocycles. The van der Waals surface area contributed by atoms with E-state index in [0.29, 0.717) is 29.8 Å². The average Bonchev–Trinajstić information content (AvgIpc) is 2.35. The third-order valence-corrected chi connectivity index (χ3v) is 3.42. The van der Waals surface area contributed by atoms with Gasteiger partial charge in [0, 0.05) is 30.6 Å². The Balaban J connectivity index is 1.87. The number of rotatable bonds is 3. The van der Waals surface area contributed by atoms with Gasteiger partial charge in [-0.3, -0.25) is 14.9 Å². The normalized spacial score (nSPS) is 15.1. The Kier molecular flexibility index (Phi) is 2.74. The van der Waals surface area contributed by atoms with Crippen LogP contribution in [0.4, 0.5) is 11.5 Å². The molecule has 0 bridgehead atoms. The van der Waals surface area contributed by atoms with Crippen LogP contribution in [0.1, 0.15) is 0 Å². The smallest absolute Gasteiger partial charge is 0.310 e. The summed E-state index contributed by atoms with van der Waals surface area (Å²) in [4.78, 5) is 27.3. The number of nitro benzene ring substituents is 1. The first-order chi connectivity index (χ1) is 9.54. The minimum absolute atomic E-state index is 0.0296. The lowest BCUT2D eigenvalue weighted by Crippen LogP contribution is -2.50. The minimum Gasteiger partial charge on any atom is -0.481 e. The number of hydrogen-bond donors (Lipinski definition) is 1. The zero-order valence-corrected chi connectivity index (χ0v) is 10.4. The van der Waals surface area contributed by atoms with E-state index in [0.717, 1.165) is 0 Å². The van der Waals surface area contributed by atoms with E-state index in [1.807, 2.05) is 4.90 Å². The molecule has 2 aromatic rings. The van der Waals surface area contributed by atoms with E-state index in [4.69, 9.17) is 5.11 Å². The van der Waals surface area contributed by atoms with E-state index in [9.17, 15) is 14.9 Å². The lowest BCUT2D eigenvalue weighted by atomic mass is 10.0. The third-order valence-electron chi connectivity index (χ3n) is 3.42. The molecular formula is C13H11N3O4. The Labute approximate surface area is 113 Å². The van der Waals surface area contributed by atoms with Crippen molar-refractivity contribution >= 4 is 28.4 Å². The Morgan fingerprint density at radius 3 is 2.75 bits per heavy atom. The molecule has 1 N–H and O–H groups in total. The predicted octanol–water partition coefficient (Wildman–Crippen LogP) is 1.66. The highest BCUT2D eigenvalue weighted by molar-refractivity contribution is 5.83.